The number of rotatable bonds is 4. The van der Waals surface area contributed by atoms with Gasteiger partial charge >= 0.3 is 0 Å². The third kappa shape index (κ3) is 4.28. The molecular weight excluding hydrogens is 359 g/mol. The van der Waals surface area contributed by atoms with Gasteiger partial charge in [-0.15, -0.1) is 0 Å². The number of hydrogen-bond donors (Lipinski definition) is 0. The molecule has 0 unspecified atom stereocenters. The fourth-order valence-electron chi connectivity index (χ4n) is 4.09. The molecule has 0 aromatic heterocycles. The summed E-state index contributed by atoms with van der Waals surface area (Å²) in [7, 11) is 0. The molecule has 2 saturated heterocycles. The molecule has 0 radical (unpaired) electrons. The van der Waals surface area contributed by atoms with E-state index < -0.39 is 0 Å². The number of likely N-dealkylation sites (tertiary alicyclic amines) is 1. The molecule has 28 heavy (non-hydrogen) atoms. The summed E-state index contributed by atoms with van der Waals surface area (Å²) in [6, 6.07) is 16.3. The zero-order valence-corrected chi connectivity index (χ0v) is 15.8. The van der Waals surface area contributed by atoms with Crippen molar-refractivity contribution in [2.45, 2.75) is 12.5 Å². The number of anilines is 1. The maximum Gasteiger partial charge on any atom is 0.260 e. The molecule has 0 saturated carbocycles. The van der Waals surface area contributed by atoms with Crippen molar-refractivity contribution in [2.24, 2.45) is 5.92 Å². The molecule has 2 atom stereocenters. The van der Waals surface area contributed by atoms with Crippen LogP contribution in [0, 0.1) is 11.7 Å². The minimum absolute atomic E-state index is 0.000109. The zero-order valence-electron chi connectivity index (χ0n) is 15.8. The number of amides is 1. The van der Waals surface area contributed by atoms with Crippen LogP contribution in [0.1, 0.15) is 6.42 Å². The van der Waals surface area contributed by atoms with Crippen molar-refractivity contribution in [3.8, 4) is 5.75 Å². The molecule has 0 spiro atoms. The van der Waals surface area contributed by atoms with Crippen LogP contribution in [-0.4, -0.2) is 56.3 Å². The maximum atomic E-state index is 13.3. The Bertz CT molecular complexity index is 784. The van der Waals surface area contributed by atoms with Crippen LogP contribution in [0.5, 0.6) is 5.75 Å². The van der Waals surface area contributed by atoms with Gasteiger partial charge in [0.1, 0.15) is 11.6 Å². The maximum absolute atomic E-state index is 13.3. The third-order valence-corrected chi connectivity index (χ3v) is 5.52. The number of benzene rings is 2. The van der Waals surface area contributed by atoms with Gasteiger partial charge in [0.2, 0.25) is 0 Å². The smallest absolute Gasteiger partial charge is 0.260 e. The predicted molar refractivity (Wildman–Crippen MR) is 105 cm³/mol. The summed E-state index contributed by atoms with van der Waals surface area (Å²) in [4.78, 5) is 16.8. The second-order valence-electron chi connectivity index (χ2n) is 7.30. The highest BCUT2D eigenvalue weighted by atomic mass is 19.1. The highest BCUT2D eigenvalue weighted by molar-refractivity contribution is 5.78. The Hall–Kier alpha value is -2.60. The van der Waals surface area contributed by atoms with E-state index >= 15 is 0 Å². The Morgan fingerprint density at radius 3 is 2.68 bits per heavy atom. The largest absolute Gasteiger partial charge is 0.484 e. The molecule has 148 valence electrons. The van der Waals surface area contributed by atoms with Crippen LogP contribution in [-0.2, 0) is 9.53 Å². The summed E-state index contributed by atoms with van der Waals surface area (Å²) in [5, 5.41) is 0. The van der Waals surface area contributed by atoms with E-state index in [1.807, 2.05) is 47.4 Å². The summed E-state index contributed by atoms with van der Waals surface area (Å²) in [5.41, 5.74) is 1.01. The second-order valence-corrected chi connectivity index (χ2v) is 7.30. The fourth-order valence-corrected chi connectivity index (χ4v) is 4.09. The number of ether oxygens (including phenoxy) is 2. The fraction of sp³-hybridized carbons (Fsp3) is 0.409. The van der Waals surface area contributed by atoms with Crippen molar-refractivity contribution in [1.82, 2.24) is 4.90 Å². The number of fused-ring (bicyclic) bond motifs is 1. The van der Waals surface area contributed by atoms with Gasteiger partial charge in [0.25, 0.3) is 5.91 Å². The van der Waals surface area contributed by atoms with E-state index in [1.54, 1.807) is 0 Å². The number of halogens is 1. The minimum atomic E-state index is -0.231. The molecule has 2 aliphatic heterocycles. The predicted octanol–water partition coefficient (Wildman–Crippen LogP) is 2.96. The highest BCUT2D eigenvalue weighted by Gasteiger charge is 2.36. The number of hydrogen-bond acceptors (Lipinski definition) is 4. The lowest BCUT2D eigenvalue weighted by Gasteiger charge is -2.43. The molecule has 0 N–H and O–H groups in total. The van der Waals surface area contributed by atoms with Gasteiger partial charge in [-0.1, -0.05) is 18.2 Å². The molecule has 1 amide bonds. The topological polar surface area (TPSA) is 42.0 Å². The summed E-state index contributed by atoms with van der Waals surface area (Å²) in [5.74, 6) is 0.693. The van der Waals surface area contributed by atoms with Crippen LogP contribution >= 0.6 is 0 Å². The quantitative estimate of drug-likeness (QED) is 0.813. The van der Waals surface area contributed by atoms with Crippen LogP contribution in [0.3, 0.4) is 0 Å². The summed E-state index contributed by atoms with van der Waals surface area (Å²) >= 11 is 0. The van der Waals surface area contributed by atoms with Gasteiger partial charge < -0.3 is 19.3 Å². The lowest BCUT2D eigenvalue weighted by molar-refractivity contribution is -0.135. The molecule has 2 aliphatic rings. The van der Waals surface area contributed by atoms with Crippen molar-refractivity contribution in [1.29, 1.82) is 0 Å². The lowest BCUT2D eigenvalue weighted by Crippen LogP contribution is -2.53. The van der Waals surface area contributed by atoms with Crippen molar-refractivity contribution in [2.75, 3.05) is 44.4 Å². The first-order valence-corrected chi connectivity index (χ1v) is 9.76. The van der Waals surface area contributed by atoms with Crippen molar-refractivity contribution < 1.29 is 18.7 Å². The van der Waals surface area contributed by atoms with E-state index in [4.69, 9.17) is 9.47 Å². The van der Waals surface area contributed by atoms with Crippen LogP contribution in [0.15, 0.2) is 54.6 Å². The molecule has 6 heteroatoms. The molecule has 0 aliphatic carbocycles. The van der Waals surface area contributed by atoms with E-state index in [2.05, 4.69) is 4.90 Å². The van der Waals surface area contributed by atoms with Crippen LogP contribution in [0.2, 0.25) is 0 Å². The molecule has 2 heterocycles. The van der Waals surface area contributed by atoms with Gasteiger partial charge in [-0.2, -0.15) is 0 Å². The molecular formula is C22H25FN2O3. The monoisotopic (exact) mass is 384 g/mol. The van der Waals surface area contributed by atoms with Gasteiger partial charge in [-0.25, -0.2) is 4.39 Å². The van der Waals surface area contributed by atoms with Crippen LogP contribution < -0.4 is 9.64 Å². The van der Waals surface area contributed by atoms with Gasteiger partial charge in [-0.3, -0.25) is 4.79 Å². The Morgan fingerprint density at radius 2 is 1.89 bits per heavy atom. The average Bonchev–Trinajstić information content (AvgIpc) is 2.95. The SMILES string of the molecule is O=C(COc1ccccc1)N1CC[C@H]2[C@@H](COCCN2c2ccc(F)cc2)C1. The molecule has 4 rings (SSSR count). The Kier molecular flexibility index (Phi) is 5.76. The summed E-state index contributed by atoms with van der Waals surface area (Å²) in [6.45, 7) is 3.43. The molecule has 5 nitrogen and oxygen atoms in total. The molecule has 0 bridgehead atoms. The number of para-hydroxylation sites is 1. The Labute approximate surface area is 164 Å². The first kappa shape index (κ1) is 18.7. The van der Waals surface area contributed by atoms with Crippen LogP contribution in [0.25, 0.3) is 0 Å². The van der Waals surface area contributed by atoms with Gasteiger partial charge in [0, 0.05) is 37.3 Å². The standard InChI is InChI=1S/C22H25FN2O3/c23-18-6-8-19(9-7-18)25-12-13-27-15-17-14-24(11-10-21(17)25)22(26)16-28-20-4-2-1-3-5-20/h1-9,17,21H,10-16H2/t17-,21+/m1/s1. The number of carbonyl (C=O) groups excluding carboxylic acids is 1. The van der Waals surface area contributed by atoms with E-state index in [1.165, 1.54) is 12.1 Å². The highest BCUT2D eigenvalue weighted by Crippen LogP contribution is 2.29. The van der Waals surface area contributed by atoms with E-state index in [0.29, 0.717) is 32.1 Å². The summed E-state index contributed by atoms with van der Waals surface area (Å²) in [6.07, 6.45) is 0.864. The number of carbonyl (C=O) groups is 1. The van der Waals surface area contributed by atoms with Crippen molar-refractivity contribution >= 4 is 11.6 Å². The molecule has 2 aromatic carbocycles. The third-order valence-electron chi connectivity index (χ3n) is 5.52. The second kappa shape index (κ2) is 8.61. The van der Waals surface area contributed by atoms with Gasteiger partial charge in [0.15, 0.2) is 6.61 Å². The van der Waals surface area contributed by atoms with Crippen molar-refractivity contribution in [3.05, 3.63) is 60.4 Å². The van der Waals surface area contributed by atoms with Crippen LogP contribution in [0.4, 0.5) is 10.1 Å². The normalized spacial score (nSPS) is 22.3. The summed E-state index contributed by atoms with van der Waals surface area (Å²) < 4.78 is 24.7. The zero-order chi connectivity index (χ0) is 19.3. The average molecular weight is 384 g/mol. The van der Waals surface area contributed by atoms with Crippen molar-refractivity contribution in [3.63, 3.8) is 0 Å². The van der Waals surface area contributed by atoms with E-state index in [0.717, 1.165) is 18.7 Å². The van der Waals surface area contributed by atoms with Gasteiger partial charge in [-0.05, 0) is 42.8 Å². The molecule has 2 fully saturated rings. The lowest BCUT2D eigenvalue weighted by atomic mass is 9.91. The minimum Gasteiger partial charge on any atom is -0.484 e. The van der Waals surface area contributed by atoms with E-state index in [9.17, 15) is 9.18 Å². The molecule has 2 aromatic rings. The first-order chi connectivity index (χ1) is 13.7. The first-order valence-electron chi connectivity index (χ1n) is 9.76. The number of nitrogens with zero attached hydrogens (tertiary/aromatic N) is 2. The van der Waals surface area contributed by atoms with Gasteiger partial charge in [0.05, 0.1) is 13.2 Å². The Morgan fingerprint density at radius 1 is 1.11 bits per heavy atom. The number of piperidine rings is 1. The Balaban J connectivity index is 1.40. The van der Waals surface area contributed by atoms with E-state index in [-0.39, 0.29) is 30.3 Å².